The number of hydrogen-bond acceptors (Lipinski definition) is 4. The molecule has 28 heavy (non-hydrogen) atoms. The minimum Gasteiger partial charge on any atom is -0.444 e. The second kappa shape index (κ2) is 8.60. The van der Waals surface area contributed by atoms with Gasteiger partial charge >= 0.3 is 6.09 Å². The molecule has 6 nitrogen and oxygen atoms in total. The van der Waals surface area contributed by atoms with Crippen LogP contribution in [0.2, 0.25) is 0 Å². The number of nitrogens with one attached hydrogen (secondary N) is 1. The van der Waals surface area contributed by atoms with Crippen LogP contribution in [0.4, 0.5) is 4.79 Å². The molecule has 3 rings (SSSR count). The average molecular weight is 394 g/mol. The first-order chi connectivity index (χ1) is 13.2. The summed E-state index contributed by atoms with van der Waals surface area (Å²) in [6.45, 7) is 11.4. The predicted octanol–water partition coefficient (Wildman–Crippen LogP) is 3.55. The summed E-state index contributed by atoms with van der Waals surface area (Å²) in [6, 6.07) is 0.514. The minimum absolute atomic E-state index is 0.0562. The summed E-state index contributed by atoms with van der Waals surface area (Å²) in [7, 11) is 0. The van der Waals surface area contributed by atoms with Crippen LogP contribution in [0.1, 0.15) is 79.1 Å². The number of ether oxygens (including phenoxy) is 1. The number of amides is 2. The fourth-order valence-corrected chi connectivity index (χ4v) is 4.71. The molecule has 1 N–H and O–H groups in total. The molecule has 2 saturated heterocycles. The lowest BCUT2D eigenvalue weighted by atomic mass is 9.78. The van der Waals surface area contributed by atoms with Crippen LogP contribution in [-0.2, 0) is 9.53 Å². The number of nitrogens with zero attached hydrogens (tertiary/aromatic N) is 2. The van der Waals surface area contributed by atoms with Gasteiger partial charge in [-0.05, 0) is 92.2 Å². The third-order valence-corrected chi connectivity index (χ3v) is 6.65. The summed E-state index contributed by atoms with van der Waals surface area (Å²) in [5.41, 5.74) is -0.386. The highest BCUT2D eigenvalue weighted by atomic mass is 16.6. The molecule has 6 heteroatoms. The number of hydrogen-bond donors (Lipinski definition) is 1. The topological polar surface area (TPSA) is 61.9 Å². The maximum Gasteiger partial charge on any atom is 0.410 e. The van der Waals surface area contributed by atoms with Crippen molar-refractivity contribution in [2.75, 3.05) is 26.2 Å². The molecule has 2 amide bonds. The summed E-state index contributed by atoms with van der Waals surface area (Å²) < 4.78 is 5.54. The van der Waals surface area contributed by atoms with E-state index in [9.17, 15) is 9.59 Å². The van der Waals surface area contributed by atoms with Gasteiger partial charge in [-0.25, -0.2) is 4.79 Å². The molecule has 1 atom stereocenters. The highest BCUT2D eigenvalue weighted by Crippen LogP contribution is 2.32. The van der Waals surface area contributed by atoms with Gasteiger partial charge in [0.15, 0.2) is 0 Å². The van der Waals surface area contributed by atoms with Crippen molar-refractivity contribution in [1.82, 2.24) is 15.1 Å². The lowest BCUT2D eigenvalue weighted by molar-refractivity contribution is -0.129. The summed E-state index contributed by atoms with van der Waals surface area (Å²) in [5, 5.41) is 3.29. The monoisotopic (exact) mass is 393 g/mol. The van der Waals surface area contributed by atoms with Gasteiger partial charge in [-0.2, -0.15) is 0 Å². The molecule has 2 aliphatic heterocycles. The van der Waals surface area contributed by atoms with Gasteiger partial charge in [0.2, 0.25) is 5.91 Å². The van der Waals surface area contributed by atoms with Gasteiger partial charge in [-0.3, -0.25) is 4.79 Å². The highest BCUT2D eigenvalue weighted by Gasteiger charge is 2.37. The molecule has 160 valence electrons. The maximum absolute atomic E-state index is 12.6. The van der Waals surface area contributed by atoms with Crippen LogP contribution in [-0.4, -0.2) is 65.2 Å². The Morgan fingerprint density at radius 3 is 2.21 bits per heavy atom. The van der Waals surface area contributed by atoms with Gasteiger partial charge in [0.05, 0.1) is 0 Å². The molecule has 0 radical (unpaired) electrons. The molecule has 1 saturated carbocycles. The molecule has 1 aliphatic carbocycles. The van der Waals surface area contributed by atoms with Crippen LogP contribution >= 0.6 is 0 Å². The normalized spacial score (nSPS) is 26.9. The largest absolute Gasteiger partial charge is 0.444 e. The summed E-state index contributed by atoms with van der Waals surface area (Å²) in [4.78, 5) is 29.4. The molecular formula is C22H39N3O3. The molecule has 1 unspecified atom stereocenters. The molecule has 3 fully saturated rings. The zero-order chi connectivity index (χ0) is 20.4. The number of rotatable bonds is 3. The maximum atomic E-state index is 12.6. The second-order valence-electron chi connectivity index (χ2n) is 10.3. The quantitative estimate of drug-likeness (QED) is 0.797. The summed E-state index contributed by atoms with van der Waals surface area (Å²) in [6.07, 6.45) is 8.32. The average Bonchev–Trinajstić information content (AvgIpc) is 2.85. The fourth-order valence-electron chi connectivity index (χ4n) is 4.71. The molecule has 2 heterocycles. The van der Waals surface area contributed by atoms with E-state index in [1.54, 1.807) is 0 Å². The van der Waals surface area contributed by atoms with E-state index in [2.05, 4.69) is 17.1 Å². The lowest BCUT2D eigenvalue weighted by Gasteiger charge is -2.42. The Morgan fingerprint density at radius 2 is 1.64 bits per heavy atom. The van der Waals surface area contributed by atoms with Crippen LogP contribution in [0.5, 0.6) is 0 Å². The van der Waals surface area contributed by atoms with E-state index in [1.165, 1.54) is 6.42 Å². The van der Waals surface area contributed by atoms with Crippen LogP contribution in [0, 0.1) is 5.92 Å². The van der Waals surface area contributed by atoms with Crippen molar-refractivity contribution in [1.29, 1.82) is 0 Å². The molecule has 0 spiro atoms. The third-order valence-electron chi connectivity index (χ3n) is 6.65. The zero-order valence-electron chi connectivity index (χ0n) is 18.3. The van der Waals surface area contributed by atoms with Crippen molar-refractivity contribution in [3.8, 4) is 0 Å². The Kier molecular flexibility index (Phi) is 6.58. The molecule has 0 aromatic carbocycles. The number of carbonyl (C=O) groups excluding carboxylic acids is 2. The van der Waals surface area contributed by atoms with E-state index in [1.807, 2.05) is 25.7 Å². The first kappa shape index (κ1) is 21.4. The van der Waals surface area contributed by atoms with E-state index in [0.717, 1.165) is 71.1 Å². The van der Waals surface area contributed by atoms with E-state index in [0.29, 0.717) is 6.04 Å². The second-order valence-corrected chi connectivity index (χ2v) is 10.3. The molecule has 0 bridgehead atoms. The number of likely N-dealkylation sites (tertiary alicyclic amines) is 2. The Bertz CT molecular complexity index is 560. The van der Waals surface area contributed by atoms with Gasteiger partial charge < -0.3 is 19.9 Å². The molecule has 0 aromatic heterocycles. The van der Waals surface area contributed by atoms with Crippen molar-refractivity contribution in [2.45, 2.75) is 96.2 Å². The first-order valence-corrected chi connectivity index (χ1v) is 11.2. The SMILES string of the molecule is CC1(NC(=O)C2CCN(C3CCCN(C(=O)OC(C)(C)C)CC3)CC2)CCC1. The van der Waals surface area contributed by atoms with Crippen molar-refractivity contribution in [3.63, 3.8) is 0 Å². The fraction of sp³-hybridized carbons (Fsp3) is 0.909. The number of piperidine rings is 1. The highest BCUT2D eigenvalue weighted by molar-refractivity contribution is 5.79. The van der Waals surface area contributed by atoms with Crippen molar-refractivity contribution in [2.24, 2.45) is 5.92 Å². The summed E-state index contributed by atoms with van der Waals surface area (Å²) >= 11 is 0. The van der Waals surface area contributed by atoms with Crippen molar-refractivity contribution >= 4 is 12.0 Å². The van der Waals surface area contributed by atoms with Crippen LogP contribution in [0.3, 0.4) is 0 Å². The van der Waals surface area contributed by atoms with Gasteiger partial charge in [0.1, 0.15) is 5.60 Å². The zero-order valence-corrected chi connectivity index (χ0v) is 18.3. The van der Waals surface area contributed by atoms with Gasteiger partial charge in [-0.15, -0.1) is 0 Å². The standard InChI is InChI=1S/C22H39N3O3/c1-21(2,3)28-20(27)25-13-5-7-18(10-16-25)24-14-8-17(9-15-24)19(26)23-22(4)11-6-12-22/h17-18H,5-16H2,1-4H3,(H,23,26). The Morgan fingerprint density at radius 1 is 0.964 bits per heavy atom. The smallest absolute Gasteiger partial charge is 0.410 e. The lowest BCUT2D eigenvalue weighted by Crippen LogP contribution is -2.54. The summed E-state index contributed by atoms with van der Waals surface area (Å²) in [5.74, 6) is 0.427. The Hall–Kier alpha value is -1.30. The Labute approximate surface area is 170 Å². The van der Waals surface area contributed by atoms with E-state index in [-0.39, 0.29) is 23.5 Å². The van der Waals surface area contributed by atoms with Crippen LogP contribution in [0.15, 0.2) is 0 Å². The van der Waals surface area contributed by atoms with Gasteiger partial charge in [0, 0.05) is 30.6 Å². The molecular weight excluding hydrogens is 354 g/mol. The molecule has 0 aromatic rings. The first-order valence-electron chi connectivity index (χ1n) is 11.2. The van der Waals surface area contributed by atoms with Gasteiger partial charge in [-0.1, -0.05) is 0 Å². The van der Waals surface area contributed by atoms with E-state index >= 15 is 0 Å². The van der Waals surface area contributed by atoms with Crippen LogP contribution in [0.25, 0.3) is 0 Å². The number of carbonyl (C=O) groups is 2. The van der Waals surface area contributed by atoms with Crippen LogP contribution < -0.4 is 5.32 Å². The minimum atomic E-state index is -0.443. The van der Waals surface area contributed by atoms with Crippen molar-refractivity contribution < 1.29 is 14.3 Å². The van der Waals surface area contributed by atoms with E-state index in [4.69, 9.17) is 4.74 Å². The predicted molar refractivity (Wildman–Crippen MR) is 110 cm³/mol. The van der Waals surface area contributed by atoms with E-state index < -0.39 is 5.60 Å². The third kappa shape index (κ3) is 5.62. The van der Waals surface area contributed by atoms with Crippen molar-refractivity contribution in [3.05, 3.63) is 0 Å². The molecule has 3 aliphatic rings. The Balaban J connectivity index is 1.43. The van der Waals surface area contributed by atoms with Gasteiger partial charge in [0.25, 0.3) is 0 Å².